The smallest absolute Gasteiger partial charge is 0.409 e. The normalized spacial score (nSPS) is 16.5. The van der Waals surface area contributed by atoms with Crippen LogP contribution < -0.4 is 4.90 Å². The number of nitrogens with zero attached hydrogens (tertiary/aromatic N) is 6. The van der Waals surface area contributed by atoms with Crippen molar-refractivity contribution < 1.29 is 19.4 Å². The molecule has 0 radical (unpaired) electrons. The lowest BCUT2D eigenvalue weighted by Crippen LogP contribution is -2.28. The molecular formula is C24H36N6O4. The molecule has 3 rings (SSSR count). The molecule has 2 aromatic heterocycles. The second-order valence-electron chi connectivity index (χ2n) is 8.85. The number of hydrogen-bond acceptors (Lipinski definition) is 7. The summed E-state index contributed by atoms with van der Waals surface area (Å²) in [4.78, 5) is 32.5. The predicted octanol–water partition coefficient (Wildman–Crippen LogP) is 3.36. The fraction of sp³-hybridized carbons (Fsp3) is 0.625. The Balaban J connectivity index is 1.79. The number of aryl methyl sites for hydroxylation is 2. The average molecular weight is 473 g/mol. The highest BCUT2D eigenvalue weighted by molar-refractivity contribution is 5.71. The number of carboxylic acid groups (broad SMARTS) is 1. The van der Waals surface area contributed by atoms with Gasteiger partial charge in [0, 0.05) is 33.7 Å². The van der Waals surface area contributed by atoms with E-state index in [-0.39, 0.29) is 24.5 Å². The molecule has 2 unspecified atom stereocenters. The van der Waals surface area contributed by atoms with Crippen LogP contribution in [0.15, 0.2) is 12.1 Å². The van der Waals surface area contributed by atoms with Crippen molar-refractivity contribution in [3.8, 4) is 11.4 Å². The molecule has 1 N–H and O–H groups in total. The van der Waals surface area contributed by atoms with Gasteiger partial charge in [0.1, 0.15) is 18.0 Å². The Hall–Kier alpha value is -3.17. The van der Waals surface area contributed by atoms with Gasteiger partial charge < -0.3 is 19.6 Å². The maximum Gasteiger partial charge on any atom is 0.409 e. The van der Waals surface area contributed by atoms with E-state index in [2.05, 4.69) is 22.1 Å². The van der Waals surface area contributed by atoms with E-state index in [1.807, 2.05) is 26.0 Å². The van der Waals surface area contributed by atoms with Crippen LogP contribution in [0.25, 0.3) is 11.4 Å². The van der Waals surface area contributed by atoms with E-state index in [1.165, 1.54) is 0 Å². The van der Waals surface area contributed by atoms with E-state index >= 15 is 0 Å². The Morgan fingerprint density at radius 1 is 1.29 bits per heavy atom. The van der Waals surface area contributed by atoms with Crippen molar-refractivity contribution in [1.82, 2.24) is 24.9 Å². The van der Waals surface area contributed by atoms with Crippen LogP contribution >= 0.6 is 0 Å². The molecular weight excluding hydrogens is 436 g/mol. The molecule has 186 valence electrons. The largest absolute Gasteiger partial charge is 0.481 e. The number of ether oxygens (including phenoxy) is 1. The summed E-state index contributed by atoms with van der Waals surface area (Å²) in [5, 5.41) is 17.9. The Labute approximate surface area is 200 Å². The van der Waals surface area contributed by atoms with Crippen LogP contribution in [0.1, 0.15) is 51.4 Å². The quantitative estimate of drug-likeness (QED) is 0.560. The van der Waals surface area contributed by atoms with Crippen molar-refractivity contribution in [1.29, 1.82) is 0 Å². The number of amides is 1. The van der Waals surface area contributed by atoms with Crippen LogP contribution in [-0.4, -0.2) is 68.7 Å². The lowest BCUT2D eigenvalue weighted by molar-refractivity contribution is -0.143. The van der Waals surface area contributed by atoms with E-state index < -0.39 is 5.97 Å². The van der Waals surface area contributed by atoms with E-state index in [9.17, 15) is 14.7 Å². The number of carbonyl (C=O) groups is 2. The van der Waals surface area contributed by atoms with Crippen LogP contribution in [0.5, 0.6) is 0 Å². The molecule has 1 saturated heterocycles. The maximum absolute atomic E-state index is 12.2. The molecule has 1 aliphatic heterocycles. The van der Waals surface area contributed by atoms with E-state index in [0.29, 0.717) is 30.0 Å². The van der Waals surface area contributed by atoms with Gasteiger partial charge in [-0.05, 0) is 43.7 Å². The lowest BCUT2D eigenvalue weighted by atomic mass is 9.89. The average Bonchev–Trinajstić information content (AvgIpc) is 3.44. The highest BCUT2D eigenvalue weighted by Crippen LogP contribution is 2.33. The SMILES string of the molecule is CCCN(C)C(=O)OCc1c(-c2ccc(N3CCC(C(CC)C(=O)O)C3)c(CC)n2)nnn1C. The van der Waals surface area contributed by atoms with Gasteiger partial charge in [-0.3, -0.25) is 4.79 Å². The Bertz CT molecular complexity index is 1010. The zero-order valence-electron chi connectivity index (χ0n) is 20.8. The van der Waals surface area contributed by atoms with Gasteiger partial charge in [0.15, 0.2) is 0 Å². The van der Waals surface area contributed by atoms with Crippen LogP contribution in [0.3, 0.4) is 0 Å². The van der Waals surface area contributed by atoms with Gasteiger partial charge in [-0.15, -0.1) is 5.10 Å². The van der Waals surface area contributed by atoms with Crippen molar-refractivity contribution in [2.45, 2.75) is 53.1 Å². The number of anilines is 1. The second kappa shape index (κ2) is 11.3. The minimum atomic E-state index is -0.713. The van der Waals surface area contributed by atoms with E-state index in [0.717, 1.165) is 43.7 Å². The molecule has 1 aliphatic rings. The first kappa shape index (κ1) is 25.5. The number of aromatic nitrogens is 4. The van der Waals surface area contributed by atoms with Gasteiger partial charge >= 0.3 is 12.1 Å². The molecule has 3 heterocycles. The van der Waals surface area contributed by atoms with Gasteiger partial charge in [0.05, 0.1) is 23.0 Å². The van der Waals surface area contributed by atoms with Crippen LogP contribution in [-0.2, 0) is 29.6 Å². The van der Waals surface area contributed by atoms with Gasteiger partial charge in [0.2, 0.25) is 0 Å². The first-order chi connectivity index (χ1) is 16.3. The summed E-state index contributed by atoms with van der Waals surface area (Å²) >= 11 is 0. The molecule has 2 atom stereocenters. The third kappa shape index (κ3) is 5.48. The first-order valence-electron chi connectivity index (χ1n) is 12.0. The minimum absolute atomic E-state index is 0.0536. The minimum Gasteiger partial charge on any atom is -0.481 e. The molecule has 0 saturated carbocycles. The molecule has 1 amide bonds. The highest BCUT2D eigenvalue weighted by atomic mass is 16.6. The Morgan fingerprint density at radius 3 is 2.71 bits per heavy atom. The summed E-state index contributed by atoms with van der Waals surface area (Å²) < 4.78 is 7.07. The number of carboxylic acids is 1. The van der Waals surface area contributed by atoms with Crippen molar-refractivity contribution >= 4 is 17.7 Å². The van der Waals surface area contributed by atoms with Crippen molar-refractivity contribution in [3.63, 3.8) is 0 Å². The van der Waals surface area contributed by atoms with Crippen molar-refractivity contribution in [3.05, 3.63) is 23.5 Å². The molecule has 0 aromatic carbocycles. The fourth-order valence-electron chi connectivity index (χ4n) is 4.62. The van der Waals surface area contributed by atoms with Crippen LogP contribution in [0.2, 0.25) is 0 Å². The van der Waals surface area contributed by atoms with Crippen LogP contribution in [0, 0.1) is 11.8 Å². The molecule has 0 aliphatic carbocycles. The molecule has 0 bridgehead atoms. The Morgan fingerprint density at radius 2 is 2.06 bits per heavy atom. The van der Waals surface area contributed by atoms with Gasteiger partial charge in [-0.1, -0.05) is 26.0 Å². The molecule has 2 aromatic rings. The van der Waals surface area contributed by atoms with Crippen LogP contribution in [0.4, 0.5) is 10.5 Å². The number of pyridine rings is 1. The van der Waals surface area contributed by atoms with Gasteiger partial charge in [0.25, 0.3) is 0 Å². The van der Waals surface area contributed by atoms with Crippen molar-refractivity contribution in [2.75, 3.05) is 31.6 Å². The second-order valence-corrected chi connectivity index (χ2v) is 8.85. The molecule has 0 spiro atoms. The van der Waals surface area contributed by atoms with Crippen molar-refractivity contribution in [2.24, 2.45) is 18.9 Å². The zero-order valence-corrected chi connectivity index (χ0v) is 20.8. The third-order valence-electron chi connectivity index (χ3n) is 6.57. The first-order valence-corrected chi connectivity index (χ1v) is 12.0. The monoisotopic (exact) mass is 472 g/mol. The summed E-state index contributed by atoms with van der Waals surface area (Å²) in [6.07, 6.45) is 2.70. The molecule has 1 fully saturated rings. The number of aliphatic carboxylic acids is 1. The lowest BCUT2D eigenvalue weighted by Gasteiger charge is -2.23. The summed E-state index contributed by atoms with van der Waals surface area (Å²) in [5.74, 6) is -0.891. The predicted molar refractivity (Wildman–Crippen MR) is 128 cm³/mol. The summed E-state index contributed by atoms with van der Waals surface area (Å²) in [5.41, 5.74) is 3.90. The number of carbonyl (C=O) groups excluding carboxylic acids is 1. The molecule has 10 nitrogen and oxygen atoms in total. The maximum atomic E-state index is 12.2. The number of hydrogen-bond donors (Lipinski definition) is 1. The van der Waals surface area contributed by atoms with Gasteiger partial charge in [-0.25, -0.2) is 14.5 Å². The zero-order chi connectivity index (χ0) is 24.8. The summed E-state index contributed by atoms with van der Waals surface area (Å²) in [6.45, 7) is 8.21. The fourth-order valence-corrected chi connectivity index (χ4v) is 4.62. The number of rotatable bonds is 10. The third-order valence-corrected chi connectivity index (χ3v) is 6.57. The standard InChI is InChI=1S/C24H36N6O4/c1-6-12-28(4)24(33)34-15-21-22(26-27-29(21)5)19-9-10-20(18(8-3)25-19)30-13-11-16(14-30)17(7-2)23(31)32/h9-10,16-17H,6-8,11-15H2,1-5H3,(H,31,32). The molecule has 10 heteroatoms. The van der Waals surface area contributed by atoms with E-state index in [1.54, 1.807) is 23.7 Å². The van der Waals surface area contributed by atoms with E-state index in [4.69, 9.17) is 9.72 Å². The molecule has 34 heavy (non-hydrogen) atoms. The summed E-state index contributed by atoms with van der Waals surface area (Å²) in [6, 6.07) is 3.94. The Kier molecular flexibility index (Phi) is 8.46. The highest BCUT2D eigenvalue weighted by Gasteiger charge is 2.33. The summed E-state index contributed by atoms with van der Waals surface area (Å²) in [7, 11) is 3.48. The topological polar surface area (TPSA) is 114 Å². The van der Waals surface area contributed by atoms with Gasteiger partial charge in [-0.2, -0.15) is 0 Å².